The number of rotatable bonds is 10. The Morgan fingerprint density at radius 2 is 1.71 bits per heavy atom. The standard InChI is InChI=1S/C23H25N6O2.3CH3.Sn/c1-3-6-21-20(23(29(2)26-21)31-14-13-30)15-16-9-11-17(12-10-16)18-7-4-5-8-19(18)22-24-27-28-25-22;;;;/h4-5,7-12,30H,3,6,13-15H2,1-2H3;3*1H3;/q-1;;;;+1. The molecule has 35 heavy (non-hydrogen) atoms. The predicted molar refractivity (Wildman–Crippen MR) is 140 cm³/mol. The number of aliphatic hydroxyl groups is 1. The Morgan fingerprint density at radius 3 is 2.37 bits per heavy atom. The van der Waals surface area contributed by atoms with Crippen LogP contribution in [-0.2, 0) is 19.9 Å². The van der Waals surface area contributed by atoms with Crippen molar-refractivity contribution in [2.24, 2.45) is 7.05 Å². The Balaban J connectivity index is 1.66. The second-order valence-corrected chi connectivity index (χ2v) is 23.3. The van der Waals surface area contributed by atoms with E-state index in [0.717, 1.165) is 58.9 Å². The number of hydrogen-bond acceptors (Lipinski definition) is 6. The summed E-state index contributed by atoms with van der Waals surface area (Å²) in [6.07, 6.45) is 2.63. The maximum absolute atomic E-state index is 9.24. The van der Waals surface area contributed by atoms with Gasteiger partial charge in [0.2, 0.25) is 0 Å². The summed E-state index contributed by atoms with van der Waals surface area (Å²) in [4.78, 5) is 6.90. The summed E-state index contributed by atoms with van der Waals surface area (Å²) in [6.45, 7) is 2.38. The number of aliphatic hydroxyl groups excluding tert-OH is 1. The zero-order valence-corrected chi connectivity index (χ0v) is 24.0. The van der Waals surface area contributed by atoms with E-state index >= 15 is 0 Å². The van der Waals surface area contributed by atoms with Gasteiger partial charge in [0.1, 0.15) is 6.61 Å². The second kappa shape index (κ2) is 10.9. The van der Waals surface area contributed by atoms with E-state index in [1.165, 1.54) is 5.56 Å². The molecular formula is C26H34N6O2Sn. The summed E-state index contributed by atoms with van der Waals surface area (Å²) in [7, 11) is 1.89. The fourth-order valence-corrected chi connectivity index (χ4v) is 7.45. The Morgan fingerprint density at radius 1 is 1.00 bits per heavy atom. The number of aryl methyl sites for hydroxylation is 2. The van der Waals surface area contributed by atoms with Gasteiger partial charge in [-0.25, -0.2) is 0 Å². The fourth-order valence-electron chi connectivity index (χ4n) is 4.29. The predicted octanol–water partition coefficient (Wildman–Crippen LogP) is 4.34. The molecule has 8 nitrogen and oxygen atoms in total. The third kappa shape index (κ3) is 5.59. The first-order chi connectivity index (χ1) is 16.8. The van der Waals surface area contributed by atoms with Crippen LogP contribution in [-0.4, -0.2) is 65.2 Å². The van der Waals surface area contributed by atoms with Crippen LogP contribution in [0.2, 0.25) is 14.8 Å². The number of benzene rings is 2. The first kappa shape index (κ1) is 25.4. The van der Waals surface area contributed by atoms with Crippen molar-refractivity contribution in [3.63, 3.8) is 0 Å². The minimum atomic E-state index is -2.55. The van der Waals surface area contributed by atoms with Gasteiger partial charge in [-0.1, -0.05) is 13.3 Å². The molecule has 0 saturated heterocycles. The SMILES string of the molecule is CCCc1nn(C)c(OCCO)c1Cc1ccc(-c2ccccc2-c2nnn[n]2[Sn]([CH3])([CH3])[CH3])cc1. The molecule has 0 atom stereocenters. The number of tetrazole rings is 1. The summed E-state index contributed by atoms with van der Waals surface area (Å²) in [5.41, 5.74) is 6.62. The molecule has 0 aliphatic rings. The molecule has 4 aromatic rings. The summed E-state index contributed by atoms with van der Waals surface area (Å²) in [6, 6.07) is 17.0. The summed E-state index contributed by atoms with van der Waals surface area (Å²) < 4.78 is 9.70. The van der Waals surface area contributed by atoms with Gasteiger partial charge in [0.25, 0.3) is 0 Å². The zero-order chi connectivity index (χ0) is 25.0. The van der Waals surface area contributed by atoms with Crippen molar-refractivity contribution in [1.29, 1.82) is 0 Å². The molecule has 0 aliphatic carbocycles. The van der Waals surface area contributed by atoms with Crippen molar-refractivity contribution in [1.82, 2.24) is 28.2 Å². The van der Waals surface area contributed by atoms with Gasteiger partial charge in [-0.15, -0.1) is 0 Å². The van der Waals surface area contributed by atoms with Crippen LogP contribution in [0.4, 0.5) is 0 Å². The van der Waals surface area contributed by atoms with E-state index in [2.05, 4.69) is 87.7 Å². The van der Waals surface area contributed by atoms with Gasteiger partial charge in [0.05, 0.1) is 6.61 Å². The molecule has 0 amide bonds. The summed E-state index contributed by atoms with van der Waals surface area (Å²) in [5, 5.41) is 26.6. The molecular weight excluding hydrogens is 547 g/mol. The van der Waals surface area contributed by atoms with E-state index < -0.39 is 18.7 Å². The molecule has 4 rings (SSSR count). The van der Waals surface area contributed by atoms with E-state index in [9.17, 15) is 5.11 Å². The zero-order valence-electron chi connectivity index (χ0n) is 21.2. The van der Waals surface area contributed by atoms with Crippen molar-refractivity contribution < 1.29 is 9.84 Å². The normalized spacial score (nSPS) is 11.7. The number of aromatic nitrogens is 6. The first-order valence-corrected chi connectivity index (χ1v) is 21.9. The van der Waals surface area contributed by atoms with Gasteiger partial charge in [-0.3, -0.25) is 0 Å². The maximum atomic E-state index is 9.24. The van der Waals surface area contributed by atoms with Crippen molar-refractivity contribution in [3.8, 4) is 28.4 Å². The quantitative estimate of drug-likeness (QED) is 0.281. The number of ether oxygens (including phenoxy) is 1. The van der Waals surface area contributed by atoms with Crippen LogP contribution in [0.3, 0.4) is 0 Å². The molecule has 0 bridgehead atoms. The van der Waals surface area contributed by atoms with Crippen molar-refractivity contribution in [2.45, 2.75) is 41.0 Å². The Labute approximate surface area is 211 Å². The van der Waals surface area contributed by atoms with Gasteiger partial charge >= 0.3 is 173 Å². The molecule has 2 aromatic carbocycles. The van der Waals surface area contributed by atoms with Crippen molar-refractivity contribution in [2.75, 3.05) is 13.2 Å². The third-order valence-corrected chi connectivity index (χ3v) is 10.4. The minimum absolute atomic E-state index is 0.0237. The molecule has 0 saturated carbocycles. The van der Waals surface area contributed by atoms with Crippen LogP contribution < -0.4 is 4.74 Å². The van der Waals surface area contributed by atoms with Gasteiger partial charge in [-0.2, -0.15) is 0 Å². The summed E-state index contributed by atoms with van der Waals surface area (Å²) in [5.74, 6) is 1.58. The topological polar surface area (TPSA) is 90.9 Å². The first-order valence-electron chi connectivity index (χ1n) is 12.1. The number of hydrogen-bond donors (Lipinski definition) is 1. The molecule has 0 spiro atoms. The van der Waals surface area contributed by atoms with Crippen LogP contribution in [0.15, 0.2) is 48.5 Å². The van der Waals surface area contributed by atoms with Gasteiger partial charge < -0.3 is 5.11 Å². The summed E-state index contributed by atoms with van der Waals surface area (Å²) >= 11 is -2.55. The molecule has 184 valence electrons. The van der Waals surface area contributed by atoms with Crippen LogP contribution >= 0.6 is 0 Å². The Hall–Kier alpha value is -2.72. The van der Waals surface area contributed by atoms with E-state index in [4.69, 9.17) is 4.74 Å². The fraction of sp³-hybridized carbons (Fsp3) is 0.385. The molecule has 9 heteroatoms. The van der Waals surface area contributed by atoms with Crippen molar-refractivity contribution >= 4 is 18.7 Å². The molecule has 2 aromatic heterocycles. The van der Waals surface area contributed by atoms with Crippen LogP contribution in [0.25, 0.3) is 22.5 Å². The van der Waals surface area contributed by atoms with Gasteiger partial charge in [-0.05, 0) is 0 Å². The van der Waals surface area contributed by atoms with Crippen LogP contribution in [0.5, 0.6) is 5.88 Å². The Kier molecular flexibility index (Phi) is 7.91. The van der Waals surface area contributed by atoms with Gasteiger partial charge in [0.15, 0.2) is 0 Å². The molecule has 1 N–H and O–H groups in total. The van der Waals surface area contributed by atoms with E-state index in [-0.39, 0.29) is 13.2 Å². The van der Waals surface area contributed by atoms with Crippen LogP contribution in [0, 0.1) is 0 Å². The molecule has 2 heterocycles. The monoisotopic (exact) mass is 582 g/mol. The third-order valence-electron chi connectivity index (χ3n) is 5.91. The van der Waals surface area contributed by atoms with E-state index in [1.54, 1.807) is 4.68 Å². The Bertz CT molecular complexity index is 1270. The average Bonchev–Trinajstić information content (AvgIpc) is 3.44. The second-order valence-electron chi connectivity index (χ2n) is 9.68. The molecule has 0 aliphatic heterocycles. The van der Waals surface area contributed by atoms with E-state index in [1.807, 2.05) is 13.1 Å². The molecule has 0 fully saturated rings. The number of nitrogens with zero attached hydrogens (tertiary/aromatic N) is 6. The molecule has 0 unspecified atom stereocenters. The van der Waals surface area contributed by atoms with Crippen LogP contribution in [0.1, 0.15) is 30.2 Å². The average molecular weight is 581 g/mol. The molecule has 0 radical (unpaired) electrons. The van der Waals surface area contributed by atoms with Gasteiger partial charge in [0, 0.05) is 7.05 Å². The van der Waals surface area contributed by atoms with E-state index in [0.29, 0.717) is 0 Å². The van der Waals surface area contributed by atoms with Crippen molar-refractivity contribution in [3.05, 3.63) is 65.4 Å².